The molecule has 5 rings (SSSR count). The Hall–Kier alpha value is -3.16. The average Bonchev–Trinajstić information content (AvgIpc) is 3.47. The number of hydrogen-bond acceptors (Lipinski definition) is 6. The molecule has 2 aliphatic rings. The Morgan fingerprint density at radius 2 is 1.79 bits per heavy atom. The molecular weight excluding hydrogens is 579 g/mol. The van der Waals surface area contributed by atoms with E-state index in [0.717, 1.165) is 17.7 Å². The van der Waals surface area contributed by atoms with Crippen LogP contribution in [-0.4, -0.2) is 43.5 Å². The number of alkyl halides is 5. The maximum Gasteiger partial charge on any atom is 0.389 e. The van der Waals surface area contributed by atoms with Crippen molar-refractivity contribution in [2.24, 2.45) is 11.8 Å². The average molecular weight is 613 g/mol. The number of carbonyl (C=O) groups is 2. The maximum atomic E-state index is 14.0. The lowest BCUT2D eigenvalue weighted by molar-refractivity contribution is -0.144. The number of amides is 2. The van der Waals surface area contributed by atoms with Gasteiger partial charge in [-0.2, -0.15) is 18.3 Å². The first-order chi connectivity index (χ1) is 19.8. The number of nitrogens with zero attached hydrogens (tertiary/aromatic N) is 4. The normalized spacial score (nSPS) is 19.1. The Morgan fingerprint density at radius 3 is 2.43 bits per heavy atom. The highest BCUT2D eigenvalue weighted by atomic mass is 32.1. The Balaban J connectivity index is 1.40. The summed E-state index contributed by atoms with van der Waals surface area (Å²) in [5.41, 5.74) is 3.40. The van der Waals surface area contributed by atoms with Crippen molar-refractivity contribution in [2.75, 3.05) is 0 Å². The van der Waals surface area contributed by atoms with Gasteiger partial charge in [0.25, 0.3) is 5.91 Å². The van der Waals surface area contributed by atoms with E-state index in [1.54, 1.807) is 24.0 Å². The van der Waals surface area contributed by atoms with Gasteiger partial charge in [-0.05, 0) is 55.1 Å². The van der Waals surface area contributed by atoms with Gasteiger partial charge in [-0.1, -0.05) is 13.8 Å². The Labute approximate surface area is 243 Å². The van der Waals surface area contributed by atoms with Gasteiger partial charge in [-0.25, -0.2) is 23.3 Å². The van der Waals surface area contributed by atoms with Crippen molar-refractivity contribution in [2.45, 2.75) is 95.3 Å². The molecule has 2 amide bonds. The summed E-state index contributed by atoms with van der Waals surface area (Å²) >= 11 is 1.38. The minimum Gasteiger partial charge on any atom is -0.349 e. The molecule has 2 fully saturated rings. The van der Waals surface area contributed by atoms with Crippen molar-refractivity contribution in [1.29, 1.82) is 0 Å². The van der Waals surface area contributed by atoms with Gasteiger partial charge in [-0.15, -0.1) is 11.3 Å². The van der Waals surface area contributed by atoms with Crippen molar-refractivity contribution in [3.8, 4) is 0 Å². The van der Waals surface area contributed by atoms with Crippen molar-refractivity contribution in [1.82, 2.24) is 30.2 Å². The van der Waals surface area contributed by atoms with Crippen molar-refractivity contribution < 1.29 is 31.5 Å². The topological polar surface area (TPSA) is 101 Å². The van der Waals surface area contributed by atoms with Crippen LogP contribution < -0.4 is 10.6 Å². The molecule has 2 atom stereocenters. The number of aromatic nitrogens is 4. The second-order valence-corrected chi connectivity index (χ2v) is 12.5. The van der Waals surface area contributed by atoms with E-state index in [2.05, 4.69) is 20.7 Å². The van der Waals surface area contributed by atoms with Crippen LogP contribution in [0.2, 0.25) is 0 Å². The number of fused-ring (bicyclic) bond motifs is 1. The van der Waals surface area contributed by atoms with Crippen molar-refractivity contribution in [3.05, 3.63) is 45.8 Å². The van der Waals surface area contributed by atoms with E-state index in [-0.39, 0.29) is 43.4 Å². The van der Waals surface area contributed by atoms with Gasteiger partial charge in [0, 0.05) is 24.1 Å². The first-order valence-electron chi connectivity index (χ1n) is 14.1. The highest BCUT2D eigenvalue weighted by molar-refractivity contribution is 7.10. The number of rotatable bonds is 10. The summed E-state index contributed by atoms with van der Waals surface area (Å²) in [7, 11) is 0. The van der Waals surface area contributed by atoms with Crippen LogP contribution >= 0.6 is 11.3 Å². The standard InChI is InChI=1S/C28H33F5N6O2S/c1-15(2)25-24(34-14-42-25)26(41)38-23(17-5-8-27(29,30)9-6-17)19-13-39-20(36-19)11-18(12-35-39)22(16-3-4-16)37-21(40)7-10-28(31,32)33/h11-17,22-23H,3-10H2,1-2H3,(H,37,40)(H,38,41)/t22?,23-/m0/s1. The van der Waals surface area contributed by atoms with Gasteiger partial charge in [0.05, 0.1) is 42.1 Å². The van der Waals surface area contributed by atoms with Gasteiger partial charge in [0.2, 0.25) is 11.8 Å². The molecular formula is C28H33F5N6O2S. The first kappa shape index (κ1) is 30.3. The molecule has 2 N–H and O–H groups in total. The van der Waals surface area contributed by atoms with Gasteiger partial charge in [0.1, 0.15) is 5.69 Å². The van der Waals surface area contributed by atoms with Crippen molar-refractivity contribution in [3.63, 3.8) is 0 Å². The molecule has 8 nitrogen and oxygen atoms in total. The number of thiazole rings is 1. The molecule has 0 aliphatic heterocycles. The quantitative estimate of drug-likeness (QED) is 0.254. The minimum atomic E-state index is -4.42. The molecule has 1 unspecified atom stereocenters. The highest BCUT2D eigenvalue weighted by Gasteiger charge is 2.40. The van der Waals surface area contributed by atoms with E-state index in [4.69, 9.17) is 4.98 Å². The molecule has 3 heterocycles. The van der Waals surface area contributed by atoms with E-state index in [1.165, 1.54) is 15.9 Å². The van der Waals surface area contributed by atoms with E-state index < -0.39 is 48.8 Å². The summed E-state index contributed by atoms with van der Waals surface area (Å²) in [6.45, 7) is 3.92. The largest absolute Gasteiger partial charge is 0.389 e. The Bertz CT molecular complexity index is 1420. The molecule has 3 aromatic rings. The molecule has 0 aromatic carbocycles. The molecule has 0 spiro atoms. The molecule has 2 saturated carbocycles. The zero-order chi connectivity index (χ0) is 30.2. The van der Waals surface area contributed by atoms with Crippen LogP contribution in [0.1, 0.15) is 110 Å². The lowest BCUT2D eigenvalue weighted by atomic mass is 9.81. The van der Waals surface area contributed by atoms with Crippen LogP contribution in [0.15, 0.2) is 24.0 Å². The molecule has 3 aromatic heterocycles. The molecule has 0 saturated heterocycles. The van der Waals surface area contributed by atoms with E-state index in [0.29, 0.717) is 22.6 Å². The fraction of sp³-hybridized carbons (Fsp3) is 0.607. The highest BCUT2D eigenvalue weighted by Crippen LogP contribution is 2.43. The molecule has 0 bridgehead atoms. The zero-order valence-electron chi connectivity index (χ0n) is 23.3. The summed E-state index contributed by atoms with van der Waals surface area (Å²) in [6.07, 6.45) is -1.61. The third kappa shape index (κ3) is 7.24. The zero-order valence-corrected chi connectivity index (χ0v) is 24.1. The second kappa shape index (κ2) is 11.8. The van der Waals surface area contributed by atoms with Crippen LogP contribution in [0, 0.1) is 11.8 Å². The molecule has 14 heteroatoms. The summed E-state index contributed by atoms with van der Waals surface area (Å²) in [6, 6.07) is 0.551. The van der Waals surface area contributed by atoms with E-state index >= 15 is 0 Å². The summed E-state index contributed by atoms with van der Waals surface area (Å²) in [5.74, 6) is -3.95. The van der Waals surface area contributed by atoms with Crippen LogP contribution in [0.4, 0.5) is 22.0 Å². The van der Waals surface area contributed by atoms with Gasteiger partial charge >= 0.3 is 6.18 Å². The van der Waals surface area contributed by atoms with E-state index in [1.807, 2.05) is 13.8 Å². The number of hydrogen-bond donors (Lipinski definition) is 2. The molecule has 0 radical (unpaired) electrons. The smallest absolute Gasteiger partial charge is 0.349 e. The predicted molar refractivity (Wildman–Crippen MR) is 145 cm³/mol. The minimum absolute atomic E-state index is 0.0799. The number of nitrogens with one attached hydrogen (secondary N) is 2. The third-order valence-corrected chi connectivity index (χ3v) is 9.07. The second-order valence-electron chi connectivity index (χ2n) is 11.6. The van der Waals surface area contributed by atoms with Crippen LogP contribution in [0.3, 0.4) is 0 Å². The summed E-state index contributed by atoms with van der Waals surface area (Å²) < 4.78 is 67.4. The monoisotopic (exact) mass is 612 g/mol. The Kier molecular flexibility index (Phi) is 8.55. The third-order valence-electron chi connectivity index (χ3n) is 7.94. The lowest BCUT2D eigenvalue weighted by Crippen LogP contribution is -2.37. The molecule has 42 heavy (non-hydrogen) atoms. The van der Waals surface area contributed by atoms with Gasteiger partial charge < -0.3 is 10.6 Å². The summed E-state index contributed by atoms with van der Waals surface area (Å²) in [4.78, 5) is 35.4. The van der Waals surface area contributed by atoms with Gasteiger partial charge in [-0.3, -0.25) is 9.59 Å². The number of halogens is 5. The first-order valence-corrected chi connectivity index (χ1v) is 15.0. The maximum absolute atomic E-state index is 14.0. The van der Waals surface area contributed by atoms with Crippen LogP contribution in [-0.2, 0) is 4.79 Å². The summed E-state index contributed by atoms with van der Waals surface area (Å²) in [5, 5.41) is 10.2. The lowest BCUT2D eigenvalue weighted by Gasteiger charge is -2.33. The number of imidazole rings is 1. The van der Waals surface area contributed by atoms with Crippen molar-refractivity contribution >= 4 is 28.8 Å². The fourth-order valence-electron chi connectivity index (χ4n) is 5.51. The number of carbonyl (C=O) groups excluding carboxylic acids is 2. The SMILES string of the molecule is CC(C)c1scnc1C(=O)N[C@H](c1cn2ncc(C(NC(=O)CCC(F)(F)F)C3CC3)cc2n1)C1CCC(F)(F)CC1. The predicted octanol–water partition coefficient (Wildman–Crippen LogP) is 6.52. The molecule has 2 aliphatic carbocycles. The van der Waals surface area contributed by atoms with Crippen LogP contribution in [0.5, 0.6) is 0 Å². The molecule has 228 valence electrons. The van der Waals surface area contributed by atoms with Crippen LogP contribution in [0.25, 0.3) is 5.65 Å². The Morgan fingerprint density at radius 1 is 1.10 bits per heavy atom. The van der Waals surface area contributed by atoms with Gasteiger partial charge in [0.15, 0.2) is 5.65 Å². The fourth-order valence-corrected chi connectivity index (χ4v) is 6.31. The van der Waals surface area contributed by atoms with E-state index in [9.17, 15) is 31.5 Å².